The van der Waals surface area contributed by atoms with Crippen molar-refractivity contribution in [2.45, 2.75) is 19.8 Å². The number of benzene rings is 2. The van der Waals surface area contributed by atoms with E-state index >= 15 is 0 Å². The maximum atomic E-state index is 13.5. The van der Waals surface area contributed by atoms with Gasteiger partial charge in [0.05, 0.1) is 35.8 Å². The standard InChI is InChI=1S/C25H27N3O5/c1-3-32-25(30)15-7-6-11-28(14-15)19-13-18(26-10-12-31-2)20-21-22(19)27-33-24(21)17-9-5-4-8-16(17)23(20)29/h4-5,8-9,13,15,26H,3,6-7,10-12,14H2,1-2H3/t15-/m1/s1. The maximum absolute atomic E-state index is 13.5. The largest absolute Gasteiger partial charge is 0.466 e. The molecular formula is C25H27N3O5. The Kier molecular flexibility index (Phi) is 5.76. The van der Waals surface area contributed by atoms with Crippen molar-refractivity contribution in [3.63, 3.8) is 0 Å². The fraction of sp³-hybridized carbons (Fsp3) is 0.400. The van der Waals surface area contributed by atoms with Gasteiger partial charge in [0.25, 0.3) is 0 Å². The number of piperidine rings is 1. The molecule has 1 aliphatic heterocycles. The summed E-state index contributed by atoms with van der Waals surface area (Å²) in [5.41, 5.74) is 4.14. The molecule has 0 amide bonds. The van der Waals surface area contributed by atoms with Gasteiger partial charge in [-0.15, -0.1) is 0 Å². The Labute approximate surface area is 191 Å². The van der Waals surface area contributed by atoms with Crippen LogP contribution >= 0.6 is 0 Å². The van der Waals surface area contributed by atoms with Crippen LogP contribution in [0.4, 0.5) is 11.4 Å². The van der Waals surface area contributed by atoms with E-state index in [0.29, 0.717) is 48.7 Å². The zero-order valence-electron chi connectivity index (χ0n) is 18.8. The number of nitrogens with one attached hydrogen (secondary N) is 1. The van der Waals surface area contributed by atoms with Gasteiger partial charge in [-0.1, -0.05) is 29.4 Å². The highest BCUT2D eigenvalue weighted by Crippen LogP contribution is 2.46. The van der Waals surface area contributed by atoms with Crippen LogP contribution in [0.15, 0.2) is 34.9 Å². The molecule has 2 aliphatic rings. The molecule has 33 heavy (non-hydrogen) atoms. The van der Waals surface area contributed by atoms with Gasteiger partial charge in [0.2, 0.25) is 0 Å². The Morgan fingerprint density at radius 1 is 1.30 bits per heavy atom. The Morgan fingerprint density at radius 3 is 2.91 bits per heavy atom. The molecule has 1 saturated heterocycles. The fourth-order valence-corrected chi connectivity index (χ4v) is 4.86. The predicted octanol–water partition coefficient (Wildman–Crippen LogP) is 3.88. The molecular weight excluding hydrogens is 422 g/mol. The molecule has 2 aromatic carbocycles. The van der Waals surface area contributed by atoms with E-state index < -0.39 is 0 Å². The highest BCUT2D eigenvalue weighted by Gasteiger charge is 2.35. The van der Waals surface area contributed by atoms with Crippen LogP contribution in [-0.2, 0) is 14.3 Å². The summed E-state index contributed by atoms with van der Waals surface area (Å²) in [6.07, 6.45) is 1.66. The van der Waals surface area contributed by atoms with Gasteiger partial charge >= 0.3 is 5.97 Å². The molecule has 0 unspecified atom stereocenters. The molecule has 172 valence electrons. The van der Waals surface area contributed by atoms with Crippen LogP contribution in [0.3, 0.4) is 0 Å². The van der Waals surface area contributed by atoms with Crippen molar-refractivity contribution < 1.29 is 23.6 Å². The molecule has 3 aromatic rings. The average Bonchev–Trinajstić information content (AvgIpc) is 3.28. The number of ether oxygens (including phenoxy) is 2. The van der Waals surface area contributed by atoms with Crippen LogP contribution in [0.25, 0.3) is 22.2 Å². The van der Waals surface area contributed by atoms with E-state index in [0.717, 1.165) is 41.7 Å². The second-order valence-corrected chi connectivity index (χ2v) is 8.39. The van der Waals surface area contributed by atoms with E-state index in [2.05, 4.69) is 15.4 Å². The van der Waals surface area contributed by atoms with Crippen molar-refractivity contribution in [3.8, 4) is 11.3 Å². The number of hydrogen-bond acceptors (Lipinski definition) is 8. The summed E-state index contributed by atoms with van der Waals surface area (Å²) < 4.78 is 16.3. The minimum atomic E-state index is -0.194. The number of hydrogen-bond donors (Lipinski definition) is 1. The Bertz CT molecular complexity index is 1220. The quantitative estimate of drug-likeness (QED) is 0.336. The van der Waals surface area contributed by atoms with Gasteiger partial charge < -0.3 is 24.2 Å². The monoisotopic (exact) mass is 449 g/mol. The second-order valence-electron chi connectivity index (χ2n) is 8.39. The van der Waals surface area contributed by atoms with E-state index in [1.54, 1.807) is 7.11 Å². The molecule has 0 spiro atoms. The number of aromatic nitrogens is 1. The minimum absolute atomic E-state index is 0.0548. The van der Waals surface area contributed by atoms with E-state index in [9.17, 15) is 9.59 Å². The normalized spacial score (nSPS) is 17.2. The molecule has 5 rings (SSSR count). The summed E-state index contributed by atoms with van der Waals surface area (Å²) in [6.45, 7) is 4.57. The van der Waals surface area contributed by atoms with E-state index in [1.807, 2.05) is 37.3 Å². The number of nitrogens with zero attached hydrogens (tertiary/aromatic N) is 2. The van der Waals surface area contributed by atoms with Crippen LogP contribution in [0.5, 0.6) is 0 Å². The summed E-state index contributed by atoms with van der Waals surface area (Å²) in [7, 11) is 1.64. The van der Waals surface area contributed by atoms with Crippen molar-refractivity contribution >= 4 is 34.0 Å². The van der Waals surface area contributed by atoms with Gasteiger partial charge in [0, 0.05) is 43.6 Å². The molecule has 2 heterocycles. The van der Waals surface area contributed by atoms with Crippen LogP contribution in [-0.4, -0.2) is 56.9 Å². The average molecular weight is 450 g/mol. The Balaban J connectivity index is 1.64. The third-order valence-electron chi connectivity index (χ3n) is 6.38. The lowest BCUT2D eigenvalue weighted by Crippen LogP contribution is -2.39. The number of anilines is 2. The summed E-state index contributed by atoms with van der Waals surface area (Å²) in [6, 6.07) is 9.40. The third-order valence-corrected chi connectivity index (χ3v) is 6.38. The van der Waals surface area contributed by atoms with E-state index in [-0.39, 0.29) is 17.7 Å². The predicted molar refractivity (Wildman–Crippen MR) is 125 cm³/mol. The summed E-state index contributed by atoms with van der Waals surface area (Å²) in [4.78, 5) is 28.1. The molecule has 1 N–H and O–H groups in total. The first-order valence-electron chi connectivity index (χ1n) is 11.4. The zero-order valence-corrected chi connectivity index (χ0v) is 18.8. The molecule has 1 aliphatic carbocycles. The first-order chi connectivity index (χ1) is 16.1. The summed E-state index contributed by atoms with van der Waals surface area (Å²) in [5, 5.41) is 8.49. The number of ketones is 1. The van der Waals surface area contributed by atoms with E-state index in [1.165, 1.54) is 0 Å². The fourth-order valence-electron chi connectivity index (χ4n) is 4.86. The maximum Gasteiger partial charge on any atom is 0.310 e. The molecule has 1 atom stereocenters. The molecule has 1 fully saturated rings. The van der Waals surface area contributed by atoms with E-state index in [4.69, 9.17) is 14.0 Å². The molecule has 0 radical (unpaired) electrons. The first-order valence-corrected chi connectivity index (χ1v) is 11.4. The lowest BCUT2D eigenvalue weighted by atomic mass is 9.86. The van der Waals surface area contributed by atoms with Crippen LogP contribution in [0.2, 0.25) is 0 Å². The van der Waals surface area contributed by atoms with Crippen molar-refractivity contribution in [1.82, 2.24) is 5.16 Å². The van der Waals surface area contributed by atoms with Crippen LogP contribution < -0.4 is 10.2 Å². The van der Waals surface area contributed by atoms with Gasteiger partial charge in [-0.2, -0.15) is 0 Å². The van der Waals surface area contributed by atoms with Gasteiger partial charge in [-0.25, -0.2) is 0 Å². The van der Waals surface area contributed by atoms with Gasteiger partial charge in [0.15, 0.2) is 11.5 Å². The third kappa shape index (κ3) is 3.64. The summed E-state index contributed by atoms with van der Waals surface area (Å²) >= 11 is 0. The molecule has 0 saturated carbocycles. The highest BCUT2D eigenvalue weighted by molar-refractivity contribution is 6.28. The lowest BCUT2D eigenvalue weighted by Gasteiger charge is -2.34. The van der Waals surface area contributed by atoms with Gasteiger partial charge in [0.1, 0.15) is 5.52 Å². The highest BCUT2D eigenvalue weighted by atomic mass is 16.5. The van der Waals surface area contributed by atoms with Crippen molar-refractivity contribution in [1.29, 1.82) is 0 Å². The van der Waals surface area contributed by atoms with Gasteiger partial charge in [-0.05, 0) is 25.8 Å². The van der Waals surface area contributed by atoms with Crippen molar-refractivity contribution in [2.75, 3.05) is 50.2 Å². The van der Waals surface area contributed by atoms with Crippen molar-refractivity contribution in [2.24, 2.45) is 5.92 Å². The van der Waals surface area contributed by atoms with Crippen LogP contribution in [0.1, 0.15) is 35.7 Å². The molecule has 8 heteroatoms. The lowest BCUT2D eigenvalue weighted by molar-refractivity contribution is -0.148. The second kappa shape index (κ2) is 8.86. The first kappa shape index (κ1) is 21.5. The number of methoxy groups -OCH3 is 1. The number of fused-ring (bicyclic) bond motifs is 2. The molecule has 0 bridgehead atoms. The number of esters is 1. The molecule has 1 aromatic heterocycles. The van der Waals surface area contributed by atoms with Gasteiger partial charge in [-0.3, -0.25) is 9.59 Å². The number of carbonyl (C=O) groups is 2. The Hall–Kier alpha value is -3.39. The Morgan fingerprint density at radius 2 is 2.12 bits per heavy atom. The number of rotatable bonds is 7. The summed E-state index contributed by atoms with van der Waals surface area (Å²) in [5.74, 6) is 0.186. The number of carbonyl (C=O) groups excluding carboxylic acids is 2. The topological polar surface area (TPSA) is 93.9 Å². The molecule has 8 nitrogen and oxygen atoms in total. The SMILES string of the molecule is CCOC(=O)[C@@H]1CCCN(c2cc(NCCOC)c3c4c(onc24)-c2ccccc2C3=O)C1. The van der Waals surface area contributed by atoms with Crippen molar-refractivity contribution in [3.05, 3.63) is 41.5 Å². The van der Waals surface area contributed by atoms with Crippen LogP contribution in [0, 0.1) is 5.92 Å². The zero-order chi connectivity index (χ0) is 22.9. The smallest absolute Gasteiger partial charge is 0.310 e. The minimum Gasteiger partial charge on any atom is -0.466 e.